The van der Waals surface area contributed by atoms with E-state index in [0.29, 0.717) is 5.92 Å². The third-order valence-corrected chi connectivity index (χ3v) is 4.37. The molecule has 1 rings (SSSR count). The number of nitrogens with zero attached hydrogens (tertiary/aromatic N) is 2. The van der Waals surface area contributed by atoms with Crippen molar-refractivity contribution in [1.29, 1.82) is 0 Å². The molecule has 1 aliphatic rings. The molecule has 0 spiro atoms. The summed E-state index contributed by atoms with van der Waals surface area (Å²) < 4.78 is 24.3. The quantitative estimate of drug-likeness (QED) is 0.668. The summed E-state index contributed by atoms with van der Waals surface area (Å²) >= 11 is 0. The lowest BCUT2D eigenvalue weighted by molar-refractivity contribution is 0.140. The summed E-state index contributed by atoms with van der Waals surface area (Å²) in [6.45, 7) is 4.07. The zero-order valence-corrected chi connectivity index (χ0v) is 10.2. The van der Waals surface area contributed by atoms with Gasteiger partial charge in [0.1, 0.15) is 0 Å². The van der Waals surface area contributed by atoms with Crippen molar-refractivity contribution in [3.8, 4) is 0 Å². The molecule has 2 atom stereocenters. The first-order valence-electron chi connectivity index (χ1n) is 4.94. The summed E-state index contributed by atoms with van der Waals surface area (Å²) in [4.78, 5) is 2.25. The molecule has 1 saturated heterocycles. The monoisotopic (exact) mass is 220 g/mol. The van der Waals surface area contributed by atoms with E-state index in [9.17, 15) is 8.42 Å². The van der Waals surface area contributed by atoms with Gasteiger partial charge in [-0.1, -0.05) is 6.92 Å². The molecule has 0 bridgehead atoms. The van der Waals surface area contributed by atoms with Gasteiger partial charge < -0.3 is 4.90 Å². The Labute approximate surface area is 86.9 Å². The summed E-state index contributed by atoms with van der Waals surface area (Å²) in [5, 5.41) is 0. The van der Waals surface area contributed by atoms with Crippen LogP contribution in [-0.4, -0.2) is 57.1 Å². The molecule has 0 amide bonds. The summed E-state index contributed by atoms with van der Waals surface area (Å²) in [5.74, 6) is 0.411. The Bertz CT molecular complexity index is 289. The standard InChI is InChI=1S/C9H20N2O2S/c1-8-7-10(2)6-5-9(8)11(3)14(4,12)13/h8-9H,5-7H2,1-4H3. The van der Waals surface area contributed by atoms with Gasteiger partial charge in [-0.3, -0.25) is 0 Å². The summed E-state index contributed by atoms with van der Waals surface area (Å²) in [5.41, 5.74) is 0. The first-order valence-corrected chi connectivity index (χ1v) is 6.78. The van der Waals surface area contributed by atoms with Crippen LogP contribution in [-0.2, 0) is 10.0 Å². The molecule has 0 radical (unpaired) electrons. The van der Waals surface area contributed by atoms with E-state index in [4.69, 9.17) is 0 Å². The van der Waals surface area contributed by atoms with E-state index in [1.54, 1.807) is 7.05 Å². The van der Waals surface area contributed by atoms with E-state index in [0.717, 1.165) is 19.5 Å². The second kappa shape index (κ2) is 4.16. The van der Waals surface area contributed by atoms with Crippen molar-refractivity contribution >= 4 is 10.0 Å². The number of piperidine rings is 1. The summed E-state index contributed by atoms with van der Waals surface area (Å²) in [6, 6.07) is 0.168. The van der Waals surface area contributed by atoms with Gasteiger partial charge in [0.2, 0.25) is 10.0 Å². The highest BCUT2D eigenvalue weighted by Crippen LogP contribution is 2.21. The predicted octanol–water partition coefficient (Wildman–Crippen LogP) is 0.218. The van der Waals surface area contributed by atoms with Crippen LogP contribution in [0.3, 0.4) is 0 Å². The number of sulfonamides is 1. The van der Waals surface area contributed by atoms with Crippen molar-refractivity contribution in [3.63, 3.8) is 0 Å². The van der Waals surface area contributed by atoms with E-state index in [-0.39, 0.29) is 6.04 Å². The average Bonchev–Trinajstić information content (AvgIpc) is 2.01. The van der Waals surface area contributed by atoms with Crippen molar-refractivity contribution < 1.29 is 8.42 Å². The summed E-state index contributed by atoms with van der Waals surface area (Å²) in [6.07, 6.45) is 2.21. The highest BCUT2D eigenvalue weighted by Gasteiger charge is 2.31. The molecule has 0 N–H and O–H groups in total. The average molecular weight is 220 g/mol. The third kappa shape index (κ3) is 2.68. The van der Waals surface area contributed by atoms with Crippen LogP contribution in [0.5, 0.6) is 0 Å². The SMILES string of the molecule is CC1CN(C)CCC1N(C)S(C)(=O)=O. The zero-order chi connectivity index (χ0) is 10.9. The third-order valence-electron chi connectivity index (χ3n) is 3.05. The second-order valence-corrected chi connectivity index (χ2v) is 6.42. The van der Waals surface area contributed by atoms with E-state index in [1.807, 2.05) is 0 Å². The van der Waals surface area contributed by atoms with Crippen molar-refractivity contribution in [2.24, 2.45) is 5.92 Å². The Hall–Kier alpha value is -0.130. The molecular formula is C9H20N2O2S. The fourth-order valence-electron chi connectivity index (χ4n) is 2.13. The Kier molecular flexibility index (Phi) is 3.55. The van der Waals surface area contributed by atoms with Gasteiger partial charge in [-0.15, -0.1) is 0 Å². The van der Waals surface area contributed by atoms with E-state index >= 15 is 0 Å². The van der Waals surface area contributed by atoms with Crippen LogP contribution in [0.15, 0.2) is 0 Å². The molecule has 84 valence electrons. The molecule has 5 heteroatoms. The minimum atomic E-state index is -3.04. The maximum Gasteiger partial charge on any atom is 0.211 e. The molecule has 0 aliphatic carbocycles. The largest absolute Gasteiger partial charge is 0.306 e. The first kappa shape index (κ1) is 11.9. The van der Waals surface area contributed by atoms with Crippen molar-refractivity contribution in [2.75, 3.05) is 33.4 Å². The number of hydrogen-bond acceptors (Lipinski definition) is 3. The van der Waals surface area contributed by atoms with Gasteiger partial charge in [0, 0.05) is 19.6 Å². The van der Waals surface area contributed by atoms with Gasteiger partial charge in [-0.05, 0) is 25.9 Å². The van der Waals surface area contributed by atoms with E-state index in [2.05, 4.69) is 18.9 Å². The molecule has 0 aromatic rings. The second-order valence-electron chi connectivity index (χ2n) is 4.37. The molecule has 0 aromatic heterocycles. The fourth-order valence-corrected chi connectivity index (χ4v) is 2.93. The van der Waals surface area contributed by atoms with Crippen molar-refractivity contribution in [3.05, 3.63) is 0 Å². The topological polar surface area (TPSA) is 40.6 Å². The van der Waals surface area contributed by atoms with Crippen LogP contribution < -0.4 is 0 Å². The van der Waals surface area contributed by atoms with Gasteiger partial charge in [0.05, 0.1) is 6.26 Å². The van der Waals surface area contributed by atoms with Gasteiger partial charge in [0.25, 0.3) is 0 Å². The Morgan fingerprint density at radius 3 is 2.43 bits per heavy atom. The predicted molar refractivity (Wildman–Crippen MR) is 57.7 cm³/mol. The van der Waals surface area contributed by atoms with Gasteiger partial charge in [0.15, 0.2) is 0 Å². The van der Waals surface area contributed by atoms with Crippen LogP contribution in [0.25, 0.3) is 0 Å². The Morgan fingerprint density at radius 2 is 2.00 bits per heavy atom. The Morgan fingerprint density at radius 1 is 1.43 bits per heavy atom. The lowest BCUT2D eigenvalue weighted by atomic mass is 9.94. The smallest absolute Gasteiger partial charge is 0.211 e. The van der Waals surface area contributed by atoms with Gasteiger partial charge in [-0.2, -0.15) is 0 Å². The van der Waals surface area contributed by atoms with Gasteiger partial charge in [-0.25, -0.2) is 12.7 Å². The maximum atomic E-state index is 11.4. The lowest BCUT2D eigenvalue weighted by Crippen LogP contribution is -2.49. The van der Waals surface area contributed by atoms with Crippen LogP contribution in [0.2, 0.25) is 0 Å². The van der Waals surface area contributed by atoms with Crippen LogP contribution in [0, 0.1) is 5.92 Å². The van der Waals surface area contributed by atoms with Crippen molar-refractivity contribution in [2.45, 2.75) is 19.4 Å². The first-order chi connectivity index (χ1) is 6.32. The molecule has 0 aromatic carbocycles. The molecular weight excluding hydrogens is 200 g/mol. The highest BCUT2D eigenvalue weighted by molar-refractivity contribution is 7.88. The zero-order valence-electron chi connectivity index (χ0n) is 9.40. The molecule has 14 heavy (non-hydrogen) atoms. The van der Waals surface area contributed by atoms with E-state index in [1.165, 1.54) is 10.6 Å². The highest BCUT2D eigenvalue weighted by atomic mass is 32.2. The van der Waals surface area contributed by atoms with Crippen LogP contribution >= 0.6 is 0 Å². The minimum Gasteiger partial charge on any atom is -0.306 e. The minimum absolute atomic E-state index is 0.168. The lowest BCUT2D eigenvalue weighted by Gasteiger charge is -2.38. The molecule has 4 nitrogen and oxygen atoms in total. The van der Waals surface area contributed by atoms with E-state index < -0.39 is 10.0 Å². The number of likely N-dealkylation sites (tertiary alicyclic amines) is 1. The molecule has 1 fully saturated rings. The Balaban J connectivity index is 2.70. The maximum absolute atomic E-state index is 11.4. The number of rotatable bonds is 2. The van der Waals surface area contributed by atoms with Crippen LogP contribution in [0.4, 0.5) is 0 Å². The molecule has 1 aliphatic heterocycles. The molecule has 1 heterocycles. The fraction of sp³-hybridized carbons (Fsp3) is 1.00. The molecule has 2 unspecified atom stereocenters. The normalized spacial score (nSPS) is 30.9. The van der Waals surface area contributed by atoms with Crippen molar-refractivity contribution in [1.82, 2.24) is 9.21 Å². The number of hydrogen-bond donors (Lipinski definition) is 0. The van der Waals surface area contributed by atoms with Crippen LogP contribution in [0.1, 0.15) is 13.3 Å². The molecule has 0 saturated carbocycles. The summed E-state index contributed by atoms with van der Waals surface area (Å²) in [7, 11) is 0.721. The van der Waals surface area contributed by atoms with Gasteiger partial charge >= 0.3 is 0 Å².